The molecule has 3 nitrogen and oxygen atoms in total. The van der Waals surface area contributed by atoms with Crippen LogP contribution in [0.2, 0.25) is 0 Å². The summed E-state index contributed by atoms with van der Waals surface area (Å²) in [5.74, 6) is -0.993. The smallest absolute Gasteiger partial charge is 0.303 e. The van der Waals surface area contributed by atoms with Gasteiger partial charge in [0, 0.05) is 28.1 Å². The molecule has 0 aromatic rings. The summed E-state index contributed by atoms with van der Waals surface area (Å²) in [6, 6.07) is 0. The SMILES string of the molecule is CC(=O)CCC(=O)O.[Ti]. The molecule has 4 heteroatoms. The minimum atomic E-state index is -0.916. The molecule has 0 fully saturated rings. The Bertz CT molecular complexity index is 96.8. The minimum absolute atomic E-state index is 0. The number of rotatable bonds is 3. The fraction of sp³-hybridized carbons (Fsp3) is 0.600. The van der Waals surface area contributed by atoms with E-state index in [0.29, 0.717) is 0 Å². The first-order chi connectivity index (χ1) is 3.63. The first-order valence-electron chi connectivity index (χ1n) is 2.34. The van der Waals surface area contributed by atoms with Crippen LogP contribution in [0, 0.1) is 0 Å². The van der Waals surface area contributed by atoms with E-state index in [9.17, 15) is 9.59 Å². The minimum Gasteiger partial charge on any atom is -0.481 e. The fourth-order valence-electron chi connectivity index (χ4n) is 0.283. The molecule has 0 aliphatic carbocycles. The van der Waals surface area contributed by atoms with Gasteiger partial charge >= 0.3 is 5.97 Å². The third-order valence-electron chi connectivity index (χ3n) is 0.691. The summed E-state index contributed by atoms with van der Waals surface area (Å²) in [6.45, 7) is 1.38. The zero-order valence-corrected chi connectivity index (χ0v) is 6.74. The van der Waals surface area contributed by atoms with Crippen LogP contribution in [0.1, 0.15) is 19.8 Å². The zero-order chi connectivity index (χ0) is 6.57. The summed E-state index contributed by atoms with van der Waals surface area (Å²) >= 11 is 0. The molecule has 0 bridgehead atoms. The Hall–Kier alpha value is -0.146. The molecule has 0 heterocycles. The Labute approximate surface area is 68.3 Å². The van der Waals surface area contributed by atoms with Gasteiger partial charge in [0.1, 0.15) is 5.78 Å². The molecule has 50 valence electrons. The predicted octanol–water partition coefficient (Wildman–Crippen LogP) is 0.438. The molecule has 0 amide bonds. The first-order valence-corrected chi connectivity index (χ1v) is 2.34. The summed E-state index contributed by atoms with van der Waals surface area (Å²) < 4.78 is 0. The van der Waals surface area contributed by atoms with Gasteiger partial charge in [0.05, 0.1) is 6.42 Å². The van der Waals surface area contributed by atoms with Crippen LogP contribution in [0.5, 0.6) is 0 Å². The average molecular weight is 164 g/mol. The number of Topliss-reactive ketones (excluding diaryl/α,β-unsaturated/α-hetero) is 1. The third-order valence-corrected chi connectivity index (χ3v) is 0.691. The van der Waals surface area contributed by atoms with E-state index in [4.69, 9.17) is 5.11 Å². The molecule has 0 rings (SSSR count). The van der Waals surface area contributed by atoms with E-state index in [1.54, 1.807) is 0 Å². The maximum absolute atomic E-state index is 10.1. The first kappa shape index (κ1) is 11.6. The molecule has 0 aliphatic heterocycles. The molecular weight excluding hydrogens is 156 g/mol. The number of aliphatic carboxylic acids is 1. The molecule has 0 aromatic heterocycles. The number of carbonyl (C=O) groups excluding carboxylic acids is 1. The van der Waals surface area contributed by atoms with Gasteiger partial charge < -0.3 is 9.90 Å². The number of carboxylic acid groups (broad SMARTS) is 1. The molecule has 9 heavy (non-hydrogen) atoms. The van der Waals surface area contributed by atoms with Crippen molar-refractivity contribution >= 4 is 11.8 Å². The van der Waals surface area contributed by atoms with Crippen molar-refractivity contribution in [1.29, 1.82) is 0 Å². The number of ketones is 1. The predicted molar refractivity (Wildman–Crippen MR) is 27.6 cm³/mol. The van der Waals surface area contributed by atoms with E-state index in [1.165, 1.54) is 6.92 Å². The van der Waals surface area contributed by atoms with Crippen molar-refractivity contribution in [2.45, 2.75) is 19.8 Å². The Kier molecular flexibility index (Phi) is 7.73. The molecular formula is C5H8O3Ti. The van der Waals surface area contributed by atoms with Gasteiger partial charge in [0.15, 0.2) is 0 Å². The molecule has 1 N–H and O–H groups in total. The second-order valence-electron chi connectivity index (χ2n) is 1.60. The van der Waals surface area contributed by atoms with Crippen molar-refractivity contribution in [3.63, 3.8) is 0 Å². The summed E-state index contributed by atoms with van der Waals surface area (Å²) in [5.41, 5.74) is 0. The van der Waals surface area contributed by atoms with Crippen molar-refractivity contribution in [1.82, 2.24) is 0 Å². The van der Waals surface area contributed by atoms with Crippen LogP contribution in [-0.4, -0.2) is 16.9 Å². The van der Waals surface area contributed by atoms with Crippen molar-refractivity contribution in [3.05, 3.63) is 0 Å². The molecule has 0 atom stereocenters. The number of carbonyl (C=O) groups is 2. The van der Waals surface area contributed by atoms with Crippen LogP contribution in [0.3, 0.4) is 0 Å². The van der Waals surface area contributed by atoms with E-state index in [-0.39, 0.29) is 40.3 Å². The van der Waals surface area contributed by atoms with Crippen LogP contribution in [0.15, 0.2) is 0 Å². The van der Waals surface area contributed by atoms with E-state index in [0.717, 1.165) is 0 Å². The van der Waals surface area contributed by atoms with Crippen molar-refractivity contribution in [2.75, 3.05) is 0 Å². The molecule has 0 saturated heterocycles. The fourth-order valence-corrected chi connectivity index (χ4v) is 0.283. The van der Waals surface area contributed by atoms with Gasteiger partial charge in [-0.15, -0.1) is 0 Å². The molecule has 0 radical (unpaired) electrons. The van der Waals surface area contributed by atoms with Crippen LogP contribution in [-0.2, 0) is 31.3 Å². The van der Waals surface area contributed by atoms with Crippen LogP contribution in [0.4, 0.5) is 0 Å². The summed E-state index contributed by atoms with van der Waals surface area (Å²) in [4.78, 5) is 19.8. The van der Waals surface area contributed by atoms with E-state index in [1.807, 2.05) is 0 Å². The number of hydrogen-bond donors (Lipinski definition) is 1. The van der Waals surface area contributed by atoms with Crippen molar-refractivity contribution in [3.8, 4) is 0 Å². The van der Waals surface area contributed by atoms with Crippen molar-refractivity contribution in [2.24, 2.45) is 0 Å². The van der Waals surface area contributed by atoms with Gasteiger partial charge in [0.25, 0.3) is 0 Å². The Morgan fingerprint density at radius 1 is 1.33 bits per heavy atom. The normalized spacial score (nSPS) is 7.67. The Morgan fingerprint density at radius 3 is 1.89 bits per heavy atom. The van der Waals surface area contributed by atoms with Gasteiger partial charge in [-0.05, 0) is 6.92 Å². The molecule has 0 unspecified atom stereocenters. The van der Waals surface area contributed by atoms with Gasteiger partial charge in [0.2, 0.25) is 0 Å². The number of hydrogen-bond acceptors (Lipinski definition) is 2. The van der Waals surface area contributed by atoms with Crippen molar-refractivity contribution < 1.29 is 36.4 Å². The monoisotopic (exact) mass is 164 g/mol. The molecule has 0 aliphatic rings. The zero-order valence-electron chi connectivity index (χ0n) is 5.18. The Balaban J connectivity index is 0. The van der Waals surface area contributed by atoms with E-state index in [2.05, 4.69) is 0 Å². The number of carboxylic acids is 1. The van der Waals surface area contributed by atoms with Crippen LogP contribution < -0.4 is 0 Å². The standard InChI is InChI=1S/C5H8O3.Ti/c1-4(6)2-3-5(7)8;/h2-3H2,1H3,(H,7,8);. The van der Waals surface area contributed by atoms with E-state index < -0.39 is 5.97 Å². The third kappa shape index (κ3) is 11.4. The van der Waals surface area contributed by atoms with Crippen LogP contribution in [0.25, 0.3) is 0 Å². The second kappa shape index (κ2) is 5.98. The van der Waals surface area contributed by atoms with Gasteiger partial charge in [-0.1, -0.05) is 0 Å². The second-order valence-corrected chi connectivity index (χ2v) is 1.60. The largest absolute Gasteiger partial charge is 0.481 e. The summed E-state index contributed by atoms with van der Waals surface area (Å²) in [5, 5.41) is 8.01. The Morgan fingerprint density at radius 2 is 1.78 bits per heavy atom. The van der Waals surface area contributed by atoms with Gasteiger partial charge in [-0.25, -0.2) is 0 Å². The van der Waals surface area contributed by atoms with E-state index >= 15 is 0 Å². The van der Waals surface area contributed by atoms with Crippen LogP contribution >= 0.6 is 0 Å². The maximum Gasteiger partial charge on any atom is 0.303 e. The molecule has 0 aromatic carbocycles. The summed E-state index contributed by atoms with van der Waals surface area (Å²) in [7, 11) is 0. The topological polar surface area (TPSA) is 54.4 Å². The van der Waals surface area contributed by atoms with Gasteiger partial charge in [-0.3, -0.25) is 4.79 Å². The maximum atomic E-state index is 10.1. The molecule has 0 spiro atoms. The summed E-state index contributed by atoms with van der Waals surface area (Å²) in [6.07, 6.45) is 0.102. The van der Waals surface area contributed by atoms with Gasteiger partial charge in [-0.2, -0.15) is 0 Å². The quantitative estimate of drug-likeness (QED) is 0.615. The average Bonchev–Trinajstić information content (AvgIpc) is 1.61. The molecule has 0 saturated carbocycles.